The molecule has 0 radical (unpaired) electrons. The van der Waals surface area contributed by atoms with Crippen molar-refractivity contribution in [1.29, 1.82) is 0 Å². The van der Waals surface area contributed by atoms with Gasteiger partial charge in [-0.15, -0.1) is 0 Å². The summed E-state index contributed by atoms with van der Waals surface area (Å²) in [6, 6.07) is 2.72. The Hall–Kier alpha value is -1.47. The van der Waals surface area contributed by atoms with E-state index in [1.165, 1.54) is 0 Å². The Labute approximate surface area is 104 Å². The Balaban J connectivity index is 2.25. The molecule has 0 aliphatic heterocycles. The van der Waals surface area contributed by atoms with Crippen LogP contribution >= 0.6 is 0 Å². The second kappa shape index (κ2) is 4.66. The van der Waals surface area contributed by atoms with E-state index in [-0.39, 0.29) is 4.90 Å². The maximum atomic E-state index is 13.1. The summed E-state index contributed by atoms with van der Waals surface area (Å²) in [5.41, 5.74) is -0.649. The summed E-state index contributed by atoms with van der Waals surface area (Å²) >= 11 is 0. The van der Waals surface area contributed by atoms with Gasteiger partial charge in [0.25, 0.3) is 0 Å². The van der Waals surface area contributed by atoms with E-state index >= 15 is 0 Å². The minimum absolute atomic E-state index is 0.234. The normalized spacial score (nSPS) is 15.6. The lowest BCUT2D eigenvalue weighted by Gasteiger charge is -2.07. The summed E-state index contributed by atoms with van der Waals surface area (Å²) in [5.74, 6) is -2.09. The Bertz CT molecular complexity index is 581. The number of carbonyl (C=O) groups is 1. The van der Waals surface area contributed by atoms with Crippen LogP contribution in [0.25, 0.3) is 0 Å². The van der Waals surface area contributed by atoms with E-state index in [2.05, 4.69) is 4.72 Å². The molecule has 0 saturated heterocycles. The van der Waals surface area contributed by atoms with Crippen molar-refractivity contribution in [2.75, 3.05) is 6.54 Å². The van der Waals surface area contributed by atoms with E-state index in [0.717, 1.165) is 31.0 Å². The first-order valence-corrected chi connectivity index (χ1v) is 6.91. The quantitative estimate of drug-likeness (QED) is 0.844. The maximum absolute atomic E-state index is 13.1. The zero-order chi connectivity index (χ0) is 13.3. The number of aromatic carboxylic acids is 1. The highest BCUT2D eigenvalue weighted by molar-refractivity contribution is 7.89. The molecule has 1 aliphatic carbocycles. The van der Waals surface area contributed by atoms with Gasteiger partial charge in [-0.05, 0) is 37.0 Å². The number of carboxylic acids is 1. The van der Waals surface area contributed by atoms with Crippen LogP contribution in [0.15, 0.2) is 23.1 Å². The summed E-state index contributed by atoms with van der Waals surface area (Å²) in [5, 5.41) is 8.73. The molecule has 18 heavy (non-hydrogen) atoms. The highest BCUT2D eigenvalue weighted by Gasteiger charge is 2.25. The van der Waals surface area contributed by atoms with Crippen molar-refractivity contribution in [1.82, 2.24) is 4.72 Å². The summed E-state index contributed by atoms with van der Waals surface area (Å²) < 4.78 is 39.2. The van der Waals surface area contributed by atoms with Gasteiger partial charge in [0.1, 0.15) is 5.82 Å². The number of carboxylic acid groups (broad SMARTS) is 1. The molecule has 0 unspecified atom stereocenters. The summed E-state index contributed by atoms with van der Waals surface area (Å²) in [7, 11) is -3.77. The fourth-order valence-electron chi connectivity index (χ4n) is 1.47. The smallest absolute Gasteiger partial charge is 0.338 e. The Morgan fingerprint density at radius 3 is 2.67 bits per heavy atom. The molecule has 1 fully saturated rings. The van der Waals surface area contributed by atoms with Gasteiger partial charge in [-0.3, -0.25) is 0 Å². The Morgan fingerprint density at radius 1 is 1.44 bits per heavy atom. The average molecular weight is 273 g/mol. The van der Waals surface area contributed by atoms with Crippen LogP contribution < -0.4 is 4.72 Å². The number of benzene rings is 1. The maximum Gasteiger partial charge on any atom is 0.338 e. The molecule has 1 aromatic carbocycles. The van der Waals surface area contributed by atoms with Gasteiger partial charge in [-0.2, -0.15) is 0 Å². The molecule has 0 bridgehead atoms. The van der Waals surface area contributed by atoms with Crippen molar-refractivity contribution >= 4 is 16.0 Å². The zero-order valence-corrected chi connectivity index (χ0v) is 10.2. The largest absolute Gasteiger partial charge is 0.478 e. The van der Waals surface area contributed by atoms with Crippen LogP contribution in [-0.2, 0) is 10.0 Å². The van der Waals surface area contributed by atoms with Gasteiger partial charge >= 0.3 is 5.97 Å². The lowest BCUT2D eigenvalue weighted by atomic mass is 10.2. The third kappa shape index (κ3) is 2.85. The molecular weight excluding hydrogens is 261 g/mol. The van der Waals surface area contributed by atoms with E-state index < -0.39 is 27.4 Å². The van der Waals surface area contributed by atoms with Gasteiger partial charge in [0, 0.05) is 6.54 Å². The van der Waals surface area contributed by atoms with E-state index in [4.69, 9.17) is 5.11 Å². The second-order valence-electron chi connectivity index (χ2n) is 4.24. The lowest BCUT2D eigenvalue weighted by molar-refractivity contribution is 0.0691. The number of sulfonamides is 1. The van der Waals surface area contributed by atoms with Crippen molar-refractivity contribution in [3.63, 3.8) is 0 Å². The van der Waals surface area contributed by atoms with Crippen LogP contribution in [0, 0.1) is 11.7 Å². The van der Waals surface area contributed by atoms with Crippen LogP contribution in [0.3, 0.4) is 0 Å². The molecule has 2 rings (SSSR count). The van der Waals surface area contributed by atoms with Crippen LogP contribution in [0.2, 0.25) is 0 Å². The summed E-state index contributed by atoms with van der Waals surface area (Å²) in [4.78, 5) is 10.5. The topological polar surface area (TPSA) is 83.5 Å². The second-order valence-corrected chi connectivity index (χ2v) is 6.01. The van der Waals surface area contributed by atoms with Crippen molar-refractivity contribution in [3.05, 3.63) is 29.6 Å². The third-order valence-electron chi connectivity index (χ3n) is 2.74. The van der Waals surface area contributed by atoms with E-state index in [0.29, 0.717) is 12.5 Å². The van der Waals surface area contributed by atoms with Crippen molar-refractivity contribution < 1.29 is 22.7 Å². The molecule has 1 aromatic rings. The molecule has 5 nitrogen and oxygen atoms in total. The van der Waals surface area contributed by atoms with Crippen LogP contribution in [0.1, 0.15) is 23.2 Å². The molecule has 0 heterocycles. The average Bonchev–Trinajstić information content (AvgIpc) is 3.10. The first kappa shape index (κ1) is 13.0. The van der Waals surface area contributed by atoms with Gasteiger partial charge in [0.15, 0.2) is 0 Å². The molecule has 0 amide bonds. The van der Waals surface area contributed by atoms with Gasteiger partial charge in [0.2, 0.25) is 10.0 Å². The molecular formula is C11H12FNO4S. The predicted octanol–water partition coefficient (Wildman–Crippen LogP) is 1.21. The molecule has 2 N–H and O–H groups in total. The fourth-order valence-corrected chi connectivity index (χ4v) is 2.61. The van der Waals surface area contributed by atoms with Crippen molar-refractivity contribution in [2.24, 2.45) is 5.92 Å². The van der Waals surface area contributed by atoms with E-state index in [1.54, 1.807) is 0 Å². The molecule has 1 aliphatic rings. The van der Waals surface area contributed by atoms with Gasteiger partial charge in [-0.25, -0.2) is 22.3 Å². The highest BCUT2D eigenvalue weighted by atomic mass is 32.2. The molecule has 0 spiro atoms. The number of halogens is 1. The minimum atomic E-state index is -3.77. The van der Waals surface area contributed by atoms with E-state index in [9.17, 15) is 17.6 Å². The lowest BCUT2D eigenvalue weighted by Crippen LogP contribution is -2.26. The van der Waals surface area contributed by atoms with Crippen LogP contribution in [0.5, 0.6) is 0 Å². The number of hydrogen-bond acceptors (Lipinski definition) is 3. The molecule has 0 aromatic heterocycles. The predicted molar refractivity (Wildman–Crippen MR) is 61.3 cm³/mol. The summed E-state index contributed by atoms with van der Waals surface area (Å²) in [6.45, 7) is 0.335. The Morgan fingerprint density at radius 2 is 2.11 bits per heavy atom. The Kier molecular flexibility index (Phi) is 3.36. The molecule has 1 saturated carbocycles. The standard InChI is InChI=1S/C11H12FNO4S/c12-10-4-3-8(5-9(10)11(14)15)18(16,17)13-6-7-1-2-7/h3-5,7,13H,1-2,6H2,(H,14,15). The van der Waals surface area contributed by atoms with E-state index in [1.807, 2.05) is 0 Å². The molecule has 0 atom stereocenters. The van der Waals surface area contributed by atoms with Gasteiger partial charge in [-0.1, -0.05) is 0 Å². The van der Waals surface area contributed by atoms with Gasteiger partial charge in [0.05, 0.1) is 10.5 Å². The minimum Gasteiger partial charge on any atom is -0.478 e. The monoisotopic (exact) mass is 273 g/mol. The number of hydrogen-bond donors (Lipinski definition) is 2. The third-order valence-corrected chi connectivity index (χ3v) is 4.16. The zero-order valence-electron chi connectivity index (χ0n) is 9.39. The SMILES string of the molecule is O=C(O)c1cc(S(=O)(=O)NCC2CC2)ccc1F. The van der Waals surface area contributed by atoms with Crippen molar-refractivity contribution in [2.45, 2.75) is 17.7 Å². The fraction of sp³-hybridized carbons (Fsp3) is 0.364. The highest BCUT2D eigenvalue weighted by Crippen LogP contribution is 2.28. The molecule has 7 heteroatoms. The molecule has 98 valence electrons. The van der Waals surface area contributed by atoms with Crippen LogP contribution in [-0.4, -0.2) is 26.0 Å². The summed E-state index contributed by atoms with van der Waals surface area (Å²) in [6.07, 6.45) is 1.98. The number of nitrogens with one attached hydrogen (secondary N) is 1. The van der Waals surface area contributed by atoms with Gasteiger partial charge < -0.3 is 5.11 Å². The first-order chi connectivity index (χ1) is 8.40. The van der Waals surface area contributed by atoms with Crippen LogP contribution in [0.4, 0.5) is 4.39 Å². The van der Waals surface area contributed by atoms with Crippen molar-refractivity contribution in [3.8, 4) is 0 Å². The first-order valence-electron chi connectivity index (χ1n) is 5.42. The number of rotatable bonds is 5.